The summed E-state index contributed by atoms with van der Waals surface area (Å²) < 4.78 is 10.7. The van der Waals surface area contributed by atoms with Crippen LogP contribution >= 0.6 is 23.2 Å². The third kappa shape index (κ3) is 8.00. The topological polar surface area (TPSA) is 52.6 Å². The van der Waals surface area contributed by atoms with Crippen molar-refractivity contribution in [2.24, 2.45) is 0 Å². The standard InChI is InChI=1S/C24H28Cl2O4/c1-2-3-4-5-6-7-8-11-16-29-23(27)19-12-9-10-13-20(19)24(28)30-18-14-15-21(25)22(26)17-18/h9-10,12-15,17H,2-8,11,16H2,1H3. The summed E-state index contributed by atoms with van der Waals surface area (Å²) in [6.45, 7) is 2.55. The van der Waals surface area contributed by atoms with Crippen LogP contribution in [-0.2, 0) is 4.74 Å². The van der Waals surface area contributed by atoms with Crippen molar-refractivity contribution in [2.45, 2.75) is 58.3 Å². The Morgan fingerprint density at radius 1 is 0.767 bits per heavy atom. The molecule has 0 N–H and O–H groups in total. The van der Waals surface area contributed by atoms with Gasteiger partial charge in [-0.15, -0.1) is 0 Å². The fourth-order valence-corrected chi connectivity index (χ4v) is 3.31. The molecular formula is C24H28Cl2O4. The number of carbonyl (C=O) groups excluding carboxylic acids is 2. The highest BCUT2D eigenvalue weighted by Gasteiger charge is 2.19. The fourth-order valence-electron chi connectivity index (χ4n) is 3.02. The maximum absolute atomic E-state index is 12.6. The van der Waals surface area contributed by atoms with Gasteiger partial charge in [-0.05, 0) is 30.7 Å². The molecule has 0 saturated carbocycles. The zero-order chi connectivity index (χ0) is 21.8. The van der Waals surface area contributed by atoms with Gasteiger partial charge >= 0.3 is 11.9 Å². The van der Waals surface area contributed by atoms with E-state index in [0.717, 1.165) is 19.3 Å². The lowest BCUT2D eigenvalue weighted by Gasteiger charge is -2.10. The first-order chi connectivity index (χ1) is 14.5. The molecule has 4 nitrogen and oxygen atoms in total. The van der Waals surface area contributed by atoms with E-state index in [0.29, 0.717) is 11.6 Å². The summed E-state index contributed by atoms with van der Waals surface area (Å²) in [6, 6.07) is 11.0. The van der Waals surface area contributed by atoms with Gasteiger partial charge in [-0.2, -0.15) is 0 Å². The summed E-state index contributed by atoms with van der Waals surface area (Å²) in [5.41, 5.74) is 0.326. The monoisotopic (exact) mass is 450 g/mol. The Morgan fingerprint density at radius 3 is 2.00 bits per heavy atom. The molecule has 0 radical (unpaired) electrons. The Kier molecular flexibility index (Phi) is 10.7. The summed E-state index contributed by atoms with van der Waals surface area (Å²) in [6.07, 6.45) is 9.31. The van der Waals surface area contributed by atoms with Crippen molar-refractivity contribution in [2.75, 3.05) is 6.61 Å². The lowest BCUT2D eigenvalue weighted by atomic mass is 10.1. The van der Waals surface area contributed by atoms with Crippen molar-refractivity contribution in [3.63, 3.8) is 0 Å². The van der Waals surface area contributed by atoms with Crippen molar-refractivity contribution < 1.29 is 19.1 Å². The molecule has 2 aromatic carbocycles. The molecule has 0 aromatic heterocycles. The number of hydrogen-bond donors (Lipinski definition) is 0. The highest BCUT2D eigenvalue weighted by atomic mass is 35.5. The van der Waals surface area contributed by atoms with Crippen LogP contribution in [0.2, 0.25) is 10.0 Å². The van der Waals surface area contributed by atoms with Gasteiger partial charge in [0.25, 0.3) is 0 Å². The van der Waals surface area contributed by atoms with Crippen LogP contribution in [0.25, 0.3) is 0 Å². The predicted molar refractivity (Wildman–Crippen MR) is 121 cm³/mol. The molecule has 6 heteroatoms. The minimum Gasteiger partial charge on any atom is -0.462 e. The first-order valence-electron chi connectivity index (χ1n) is 10.5. The van der Waals surface area contributed by atoms with Gasteiger partial charge in [0.2, 0.25) is 0 Å². The summed E-state index contributed by atoms with van der Waals surface area (Å²) in [4.78, 5) is 25.0. The van der Waals surface area contributed by atoms with Crippen LogP contribution in [-0.4, -0.2) is 18.5 Å². The van der Waals surface area contributed by atoms with Gasteiger partial charge in [-0.3, -0.25) is 0 Å². The molecule has 30 heavy (non-hydrogen) atoms. The molecule has 2 aromatic rings. The van der Waals surface area contributed by atoms with Crippen LogP contribution in [0.5, 0.6) is 5.75 Å². The zero-order valence-electron chi connectivity index (χ0n) is 17.3. The molecule has 0 aliphatic carbocycles. The van der Waals surface area contributed by atoms with Gasteiger partial charge in [0.15, 0.2) is 0 Å². The number of benzene rings is 2. The van der Waals surface area contributed by atoms with Crippen molar-refractivity contribution in [1.82, 2.24) is 0 Å². The SMILES string of the molecule is CCCCCCCCCCOC(=O)c1ccccc1C(=O)Oc1ccc(Cl)c(Cl)c1. The Morgan fingerprint density at radius 2 is 1.37 bits per heavy atom. The molecular weight excluding hydrogens is 423 g/mol. The van der Waals surface area contributed by atoms with Crippen LogP contribution in [0, 0.1) is 0 Å². The minimum atomic E-state index is -0.659. The van der Waals surface area contributed by atoms with Crippen molar-refractivity contribution >= 4 is 35.1 Å². The number of esters is 2. The molecule has 0 spiro atoms. The maximum Gasteiger partial charge on any atom is 0.344 e. The average Bonchev–Trinajstić information content (AvgIpc) is 2.75. The van der Waals surface area contributed by atoms with E-state index in [-0.39, 0.29) is 21.9 Å². The normalized spacial score (nSPS) is 10.6. The highest BCUT2D eigenvalue weighted by Crippen LogP contribution is 2.27. The minimum absolute atomic E-state index is 0.143. The number of unbranched alkanes of at least 4 members (excludes halogenated alkanes) is 7. The van der Waals surface area contributed by atoms with Crippen LogP contribution in [0.4, 0.5) is 0 Å². The van der Waals surface area contributed by atoms with E-state index in [2.05, 4.69) is 6.92 Å². The second kappa shape index (κ2) is 13.3. The number of ether oxygens (including phenoxy) is 2. The van der Waals surface area contributed by atoms with Crippen molar-refractivity contribution in [1.29, 1.82) is 0 Å². The van der Waals surface area contributed by atoms with Crippen LogP contribution in [0.3, 0.4) is 0 Å². The van der Waals surface area contributed by atoms with Gasteiger partial charge in [0.05, 0.1) is 27.8 Å². The highest BCUT2D eigenvalue weighted by molar-refractivity contribution is 6.42. The van der Waals surface area contributed by atoms with E-state index in [1.807, 2.05) is 0 Å². The van der Waals surface area contributed by atoms with E-state index in [9.17, 15) is 9.59 Å². The van der Waals surface area contributed by atoms with Crippen LogP contribution < -0.4 is 4.74 Å². The van der Waals surface area contributed by atoms with Crippen molar-refractivity contribution in [3.8, 4) is 5.75 Å². The lowest BCUT2D eigenvalue weighted by molar-refractivity contribution is 0.0489. The van der Waals surface area contributed by atoms with E-state index < -0.39 is 11.9 Å². The van der Waals surface area contributed by atoms with E-state index in [1.54, 1.807) is 18.2 Å². The van der Waals surface area contributed by atoms with E-state index in [1.165, 1.54) is 56.4 Å². The average molecular weight is 451 g/mol. The molecule has 2 rings (SSSR count). The zero-order valence-corrected chi connectivity index (χ0v) is 18.8. The van der Waals surface area contributed by atoms with Gasteiger partial charge in [-0.25, -0.2) is 9.59 Å². The van der Waals surface area contributed by atoms with Gasteiger partial charge in [-0.1, -0.05) is 87.2 Å². The number of halogens is 2. The number of hydrogen-bond acceptors (Lipinski definition) is 4. The first kappa shape index (κ1) is 24.2. The molecule has 0 atom stereocenters. The van der Waals surface area contributed by atoms with E-state index >= 15 is 0 Å². The predicted octanol–water partition coefficient (Wildman–Crippen LogP) is 7.51. The van der Waals surface area contributed by atoms with Crippen LogP contribution in [0.1, 0.15) is 79.0 Å². The molecule has 0 saturated heterocycles. The van der Waals surface area contributed by atoms with E-state index in [4.69, 9.17) is 32.7 Å². The molecule has 0 fully saturated rings. The largest absolute Gasteiger partial charge is 0.462 e. The molecule has 0 unspecified atom stereocenters. The van der Waals surface area contributed by atoms with Crippen LogP contribution in [0.15, 0.2) is 42.5 Å². The summed E-state index contributed by atoms with van der Waals surface area (Å²) in [5, 5.41) is 0.640. The summed E-state index contributed by atoms with van der Waals surface area (Å²) in [5.74, 6) is -0.941. The molecule has 0 amide bonds. The molecule has 162 valence electrons. The second-order valence-electron chi connectivity index (χ2n) is 7.12. The second-order valence-corrected chi connectivity index (χ2v) is 7.94. The Balaban J connectivity index is 1.84. The van der Waals surface area contributed by atoms with Gasteiger partial charge < -0.3 is 9.47 Å². The molecule has 0 aliphatic rings. The lowest BCUT2D eigenvalue weighted by Crippen LogP contribution is -2.16. The Hall–Kier alpha value is -2.04. The molecule has 0 heterocycles. The molecule has 0 aliphatic heterocycles. The summed E-state index contributed by atoms with van der Waals surface area (Å²) >= 11 is 11.8. The number of carbonyl (C=O) groups is 2. The van der Waals surface area contributed by atoms with Gasteiger partial charge in [0, 0.05) is 6.07 Å². The summed E-state index contributed by atoms with van der Waals surface area (Å²) in [7, 11) is 0. The number of rotatable bonds is 12. The maximum atomic E-state index is 12.6. The van der Waals surface area contributed by atoms with Crippen molar-refractivity contribution in [3.05, 3.63) is 63.6 Å². The quantitative estimate of drug-likeness (QED) is 0.190. The third-order valence-electron chi connectivity index (χ3n) is 4.70. The Bertz CT molecular complexity index is 836. The fraction of sp³-hybridized carbons (Fsp3) is 0.417. The Labute approximate surface area is 188 Å². The third-order valence-corrected chi connectivity index (χ3v) is 5.44. The smallest absolute Gasteiger partial charge is 0.344 e. The molecule has 0 bridgehead atoms. The first-order valence-corrected chi connectivity index (χ1v) is 11.2. The van der Waals surface area contributed by atoms with Gasteiger partial charge in [0.1, 0.15) is 5.75 Å².